The lowest BCUT2D eigenvalue weighted by Crippen LogP contribution is -2.21. The molecule has 1 aromatic heterocycles. The number of thiophene rings is 1. The van der Waals surface area contributed by atoms with Gasteiger partial charge in [0.25, 0.3) is 5.91 Å². The molecule has 0 aliphatic heterocycles. The lowest BCUT2D eigenvalue weighted by Gasteiger charge is -2.12. The van der Waals surface area contributed by atoms with Crippen molar-refractivity contribution in [2.24, 2.45) is 5.73 Å². The molecule has 21 heavy (non-hydrogen) atoms. The highest BCUT2D eigenvalue weighted by molar-refractivity contribution is 7.12. The van der Waals surface area contributed by atoms with E-state index < -0.39 is 0 Å². The van der Waals surface area contributed by atoms with Crippen LogP contribution in [-0.2, 0) is 4.79 Å². The Morgan fingerprint density at radius 3 is 2.71 bits per heavy atom. The molecule has 1 aromatic carbocycles. The van der Waals surface area contributed by atoms with Crippen LogP contribution in [0, 0.1) is 0 Å². The quantitative estimate of drug-likeness (QED) is 0.786. The highest BCUT2D eigenvalue weighted by Crippen LogP contribution is 2.28. The molecule has 0 saturated heterocycles. The Kier molecular flexibility index (Phi) is 4.91. The Bertz CT molecular complexity index is 641. The summed E-state index contributed by atoms with van der Waals surface area (Å²) < 4.78 is 5.23. The van der Waals surface area contributed by atoms with E-state index in [4.69, 9.17) is 10.5 Å². The normalized spacial score (nSPS) is 10.0. The first kappa shape index (κ1) is 15.0. The van der Waals surface area contributed by atoms with Crippen LogP contribution in [-0.4, -0.2) is 25.5 Å². The van der Waals surface area contributed by atoms with Crippen LogP contribution in [0.1, 0.15) is 9.67 Å². The van der Waals surface area contributed by atoms with Gasteiger partial charge in [0.2, 0.25) is 5.91 Å². The maximum atomic E-state index is 12.0. The second-order valence-electron chi connectivity index (χ2n) is 4.10. The number of benzene rings is 1. The fourth-order valence-corrected chi connectivity index (χ4v) is 2.29. The average Bonchev–Trinajstić information content (AvgIpc) is 3.03. The third kappa shape index (κ3) is 3.80. The van der Waals surface area contributed by atoms with Gasteiger partial charge in [0.15, 0.2) is 0 Å². The minimum Gasteiger partial charge on any atom is -0.494 e. The zero-order valence-electron chi connectivity index (χ0n) is 11.4. The summed E-state index contributed by atoms with van der Waals surface area (Å²) in [5, 5.41) is 7.22. The van der Waals surface area contributed by atoms with Gasteiger partial charge in [-0.15, -0.1) is 11.3 Å². The van der Waals surface area contributed by atoms with Crippen LogP contribution in [0.15, 0.2) is 35.7 Å². The molecule has 6 nitrogen and oxygen atoms in total. The Hall–Kier alpha value is -2.38. The van der Waals surface area contributed by atoms with Crippen LogP contribution in [0.4, 0.5) is 11.4 Å². The molecule has 0 saturated carbocycles. The molecule has 0 bridgehead atoms. The molecule has 0 atom stereocenters. The minimum atomic E-state index is -0.299. The van der Waals surface area contributed by atoms with E-state index in [1.165, 1.54) is 18.4 Å². The molecule has 0 aliphatic rings. The molecule has 1 heterocycles. The first-order valence-corrected chi connectivity index (χ1v) is 7.05. The van der Waals surface area contributed by atoms with Crippen LogP contribution in [0.25, 0.3) is 0 Å². The number of nitrogens with two attached hydrogens (primary N) is 1. The Morgan fingerprint density at radius 1 is 1.29 bits per heavy atom. The molecule has 0 aliphatic carbocycles. The Morgan fingerprint density at radius 2 is 2.10 bits per heavy atom. The van der Waals surface area contributed by atoms with Crippen molar-refractivity contribution in [1.29, 1.82) is 0 Å². The number of nitrogens with one attached hydrogen (secondary N) is 2. The van der Waals surface area contributed by atoms with Crippen LogP contribution in [0.3, 0.4) is 0 Å². The summed E-state index contributed by atoms with van der Waals surface area (Å²) in [6.07, 6.45) is 0. The number of carbonyl (C=O) groups excluding carboxylic acids is 2. The van der Waals surface area contributed by atoms with Crippen molar-refractivity contribution < 1.29 is 14.3 Å². The maximum absolute atomic E-state index is 12.0. The molecule has 0 spiro atoms. The van der Waals surface area contributed by atoms with Crippen molar-refractivity contribution in [3.05, 3.63) is 40.6 Å². The van der Waals surface area contributed by atoms with Crippen LogP contribution in [0.2, 0.25) is 0 Å². The maximum Gasteiger partial charge on any atom is 0.265 e. The van der Waals surface area contributed by atoms with Gasteiger partial charge in [-0.1, -0.05) is 6.07 Å². The van der Waals surface area contributed by atoms with Gasteiger partial charge >= 0.3 is 0 Å². The van der Waals surface area contributed by atoms with E-state index >= 15 is 0 Å². The van der Waals surface area contributed by atoms with Crippen molar-refractivity contribution in [2.75, 3.05) is 24.3 Å². The Balaban J connectivity index is 2.16. The molecule has 0 radical (unpaired) electrons. The van der Waals surface area contributed by atoms with Gasteiger partial charge < -0.3 is 21.1 Å². The highest BCUT2D eigenvalue weighted by atomic mass is 32.1. The van der Waals surface area contributed by atoms with E-state index in [-0.39, 0.29) is 18.4 Å². The molecular formula is C14H15N3O3S. The summed E-state index contributed by atoms with van der Waals surface area (Å²) in [5.41, 5.74) is 6.32. The van der Waals surface area contributed by atoms with Crippen LogP contribution < -0.4 is 21.1 Å². The topological polar surface area (TPSA) is 93.4 Å². The van der Waals surface area contributed by atoms with E-state index in [1.807, 2.05) is 11.4 Å². The second-order valence-corrected chi connectivity index (χ2v) is 5.05. The molecule has 2 amide bonds. The zero-order valence-corrected chi connectivity index (χ0v) is 12.2. The number of hydrogen-bond acceptors (Lipinski definition) is 5. The first-order chi connectivity index (χ1) is 10.1. The van der Waals surface area contributed by atoms with E-state index in [0.717, 1.165) is 0 Å². The van der Waals surface area contributed by atoms with Gasteiger partial charge in [0.05, 0.1) is 24.2 Å². The van der Waals surface area contributed by atoms with Crippen LogP contribution >= 0.6 is 11.3 Å². The summed E-state index contributed by atoms with van der Waals surface area (Å²) in [4.78, 5) is 23.9. The summed E-state index contributed by atoms with van der Waals surface area (Å²) in [6, 6.07) is 8.50. The SMILES string of the molecule is COc1cc(NC(=O)CN)ccc1NC(=O)c1cccs1. The lowest BCUT2D eigenvalue weighted by molar-refractivity contribution is -0.114. The first-order valence-electron chi connectivity index (χ1n) is 6.17. The highest BCUT2D eigenvalue weighted by Gasteiger charge is 2.11. The van der Waals surface area contributed by atoms with Gasteiger partial charge in [-0.05, 0) is 23.6 Å². The molecule has 0 unspecified atom stereocenters. The number of rotatable bonds is 5. The fraction of sp³-hybridized carbons (Fsp3) is 0.143. The van der Waals surface area contributed by atoms with E-state index in [9.17, 15) is 9.59 Å². The number of methoxy groups -OCH3 is 1. The molecule has 110 valence electrons. The monoisotopic (exact) mass is 305 g/mol. The minimum absolute atomic E-state index is 0.0980. The number of amides is 2. The number of hydrogen-bond donors (Lipinski definition) is 3. The second kappa shape index (κ2) is 6.87. The summed E-state index contributed by atoms with van der Waals surface area (Å²) >= 11 is 1.35. The van der Waals surface area contributed by atoms with Crippen molar-refractivity contribution in [3.8, 4) is 5.75 Å². The smallest absolute Gasteiger partial charge is 0.265 e. The average molecular weight is 305 g/mol. The number of anilines is 2. The third-order valence-electron chi connectivity index (χ3n) is 2.66. The van der Waals surface area contributed by atoms with E-state index in [0.29, 0.717) is 22.0 Å². The van der Waals surface area contributed by atoms with E-state index in [2.05, 4.69) is 10.6 Å². The van der Waals surface area contributed by atoms with Crippen LogP contribution in [0.5, 0.6) is 5.75 Å². The van der Waals surface area contributed by atoms with Gasteiger partial charge in [-0.2, -0.15) is 0 Å². The fourth-order valence-electron chi connectivity index (χ4n) is 1.68. The standard InChI is InChI=1S/C14H15N3O3S/c1-20-11-7-9(16-13(18)8-15)4-5-10(11)17-14(19)12-3-2-6-21-12/h2-7H,8,15H2,1H3,(H,16,18)(H,17,19). The summed E-state index contributed by atoms with van der Waals surface area (Å²) in [6.45, 7) is -0.0980. The number of ether oxygens (including phenoxy) is 1. The van der Waals surface area contributed by atoms with Crippen molar-refractivity contribution >= 4 is 34.5 Å². The van der Waals surface area contributed by atoms with E-state index in [1.54, 1.807) is 24.3 Å². The molecule has 7 heteroatoms. The summed E-state index contributed by atoms with van der Waals surface area (Å²) in [5.74, 6) is -0.0517. The summed E-state index contributed by atoms with van der Waals surface area (Å²) in [7, 11) is 1.49. The molecule has 0 fully saturated rings. The number of carbonyl (C=O) groups is 2. The molecule has 2 aromatic rings. The van der Waals surface area contributed by atoms with Gasteiger partial charge in [-0.3, -0.25) is 9.59 Å². The zero-order chi connectivity index (χ0) is 15.2. The molecular weight excluding hydrogens is 290 g/mol. The third-order valence-corrected chi connectivity index (χ3v) is 3.53. The Labute approximate surface area is 125 Å². The largest absolute Gasteiger partial charge is 0.494 e. The molecule has 4 N–H and O–H groups in total. The lowest BCUT2D eigenvalue weighted by atomic mass is 10.2. The predicted octanol–water partition coefficient (Wildman–Crippen LogP) is 1.91. The molecule has 2 rings (SSSR count). The van der Waals surface area contributed by atoms with Gasteiger partial charge in [-0.25, -0.2) is 0 Å². The van der Waals surface area contributed by atoms with Crippen molar-refractivity contribution in [1.82, 2.24) is 0 Å². The predicted molar refractivity (Wildman–Crippen MR) is 83.0 cm³/mol. The van der Waals surface area contributed by atoms with Crippen molar-refractivity contribution in [2.45, 2.75) is 0 Å². The van der Waals surface area contributed by atoms with Crippen molar-refractivity contribution in [3.63, 3.8) is 0 Å². The van der Waals surface area contributed by atoms with Gasteiger partial charge in [0.1, 0.15) is 5.75 Å². The van der Waals surface area contributed by atoms with Gasteiger partial charge in [0, 0.05) is 11.8 Å².